The highest BCUT2D eigenvalue weighted by Crippen LogP contribution is 2.24. The van der Waals surface area contributed by atoms with Crippen molar-refractivity contribution in [2.45, 2.75) is 13.2 Å². The molecule has 0 radical (unpaired) electrons. The van der Waals surface area contributed by atoms with Crippen LogP contribution in [0.1, 0.15) is 16.1 Å². The number of nitrogens with one attached hydrogen (secondary N) is 1. The zero-order valence-electron chi connectivity index (χ0n) is 14.8. The van der Waals surface area contributed by atoms with Gasteiger partial charge in [-0.25, -0.2) is 0 Å². The molecule has 0 spiro atoms. The third-order valence-corrected chi connectivity index (χ3v) is 5.02. The van der Waals surface area contributed by atoms with Crippen LogP contribution in [0.2, 0.25) is 15.1 Å². The van der Waals surface area contributed by atoms with Gasteiger partial charge in [-0.15, -0.1) is 0 Å². The van der Waals surface area contributed by atoms with Crippen LogP contribution < -0.4 is 5.32 Å². The number of amides is 1. The molecule has 3 aromatic heterocycles. The third kappa shape index (κ3) is 4.61. The predicted molar refractivity (Wildman–Crippen MR) is 111 cm³/mol. The smallest absolute Gasteiger partial charge is 0.277 e. The fraction of sp³-hybridized carbons (Fsp3) is 0.111. The monoisotopic (exact) mass is 449 g/mol. The number of carbonyl (C=O) groups is 1. The molecule has 29 heavy (non-hydrogen) atoms. The lowest BCUT2D eigenvalue weighted by molar-refractivity contribution is 0.102. The van der Waals surface area contributed by atoms with Crippen molar-refractivity contribution in [3.8, 4) is 0 Å². The normalized spacial score (nSPS) is 11.0. The summed E-state index contributed by atoms with van der Waals surface area (Å²) in [6.45, 7) is 0.824. The number of hydrogen-bond donors (Lipinski definition) is 1. The predicted octanol–water partition coefficient (Wildman–Crippen LogP) is 4.04. The van der Waals surface area contributed by atoms with Gasteiger partial charge in [0.2, 0.25) is 0 Å². The Bertz CT molecular complexity index is 1150. The van der Waals surface area contributed by atoms with Crippen molar-refractivity contribution in [3.05, 3.63) is 81.4 Å². The van der Waals surface area contributed by atoms with E-state index in [1.54, 1.807) is 50.8 Å². The molecule has 0 unspecified atom stereocenters. The first-order valence-corrected chi connectivity index (χ1v) is 9.60. The molecule has 11 heteroatoms. The van der Waals surface area contributed by atoms with E-state index >= 15 is 0 Å². The number of hydrogen-bond acceptors (Lipinski definition) is 4. The number of rotatable bonds is 6. The molecule has 8 nitrogen and oxygen atoms in total. The van der Waals surface area contributed by atoms with Crippen LogP contribution in [0.4, 0.5) is 5.82 Å². The molecule has 1 amide bonds. The second-order valence-corrected chi connectivity index (χ2v) is 7.37. The van der Waals surface area contributed by atoms with Gasteiger partial charge in [0.25, 0.3) is 5.91 Å². The Hall–Kier alpha value is -2.81. The van der Waals surface area contributed by atoms with E-state index in [9.17, 15) is 4.79 Å². The SMILES string of the molecule is O=C(Nc1nn(Cc2ccc(Cl)c(Cl)c2)cc1Cl)c1ccn(Cn2cccn2)n1. The molecule has 0 atom stereocenters. The number of benzene rings is 1. The molecule has 148 valence electrons. The van der Waals surface area contributed by atoms with Gasteiger partial charge in [-0.2, -0.15) is 15.3 Å². The average Bonchev–Trinajstić information content (AvgIpc) is 3.42. The van der Waals surface area contributed by atoms with Crippen LogP contribution in [-0.4, -0.2) is 35.2 Å². The van der Waals surface area contributed by atoms with Crippen molar-refractivity contribution < 1.29 is 4.79 Å². The lowest BCUT2D eigenvalue weighted by Crippen LogP contribution is -2.15. The van der Waals surface area contributed by atoms with Gasteiger partial charge in [0.05, 0.1) is 16.6 Å². The molecular formula is C18H14Cl3N7O. The van der Waals surface area contributed by atoms with Crippen LogP contribution in [0.25, 0.3) is 0 Å². The molecule has 0 aliphatic heterocycles. The van der Waals surface area contributed by atoms with E-state index in [0.29, 0.717) is 28.3 Å². The Morgan fingerprint density at radius 3 is 2.59 bits per heavy atom. The number of anilines is 1. The quantitative estimate of drug-likeness (QED) is 0.480. The van der Waals surface area contributed by atoms with Crippen molar-refractivity contribution in [1.82, 2.24) is 29.3 Å². The van der Waals surface area contributed by atoms with Crippen LogP contribution in [0.3, 0.4) is 0 Å². The Morgan fingerprint density at radius 2 is 1.83 bits per heavy atom. The summed E-state index contributed by atoms with van der Waals surface area (Å²) < 4.78 is 4.90. The first-order valence-electron chi connectivity index (χ1n) is 8.47. The molecule has 4 rings (SSSR count). The van der Waals surface area contributed by atoms with Crippen LogP contribution >= 0.6 is 34.8 Å². The van der Waals surface area contributed by atoms with E-state index in [0.717, 1.165) is 5.56 Å². The van der Waals surface area contributed by atoms with Crippen molar-refractivity contribution >= 4 is 46.5 Å². The first kappa shape index (κ1) is 19.5. The third-order valence-electron chi connectivity index (χ3n) is 4.00. The minimum Gasteiger partial charge on any atom is -0.302 e. The Kier molecular flexibility index (Phi) is 5.57. The van der Waals surface area contributed by atoms with Crippen LogP contribution in [0.15, 0.2) is 55.1 Å². The minimum absolute atomic E-state index is 0.243. The van der Waals surface area contributed by atoms with Gasteiger partial charge in [-0.1, -0.05) is 40.9 Å². The van der Waals surface area contributed by atoms with E-state index in [1.807, 2.05) is 18.3 Å². The zero-order valence-corrected chi connectivity index (χ0v) is 17.1. The van der Waals surface area contributed by atoms with E-state index in [2.05, 4.69) is 20.6 Å². The molecule has 0 saturated carbocycles. The largest absolute Gasteiger partial charge is 0.302 e. The Balaban J connectivity index is 1.43. The molecular weight excluding hydrogens is 437 g/mol. The fourth-order valence-electron chi connectivity index (χ4n) is 2.65. The molecule has 1 N–H and O–H groups in total. The molecule has 0 saturated heterocycles. The van der Waals surface area contributed by atoms with Crippen LogP contribution in [0.5, 0.6) is 0 Å². The highest BCUT2D eigenvalue weighted by molar-refractivity contribution is 6.42. The zero-order chi connectivity index (χ0) is 20.4. The number of halogens is 3. The van der Waals surface area contributed by atoms with Crippen molar-refractivity contribution in [2.75, 3.05) is 5.32 Å². The van der Waals surface area contributed by atoms with Crippen molar-refractivity contribution in [3.63, 3.8) is 0 Å². The standard InChI is InChI=1S/C18H14Cl3N7O/c19-13-3-2-12(8-14(13)20)9-28-10-15(21)17(25-28)23-18(29)16-4-7-27(24-16)11-26-6-1-5-22-26/h1-8,10H,9,11H2,(H,23,25,29). The number of carbonyl (C=O) groups excluding carboxylic acids is 1. The summed E-state index contributed by atoms with van der Waals surface area (Å²) in [6, 6.07) is 8.73. The number of aromatic nitrogens is 6. The Labute approximate surface area is 180 Å². The summed E-state index contributed by atoms with van der Waals surface area (Å²) >= 11 is 18.2. The maximum atomic E-state index is 12.5. The van der Waals surface area contributed by atoms with E-state index in [4.69, 9.17) is 34.8 Å². The summed E-state index contributed by atoms with van der Waals surface area (Å²) in [5.74, 6) is -0.163. The summed E-state index contributed by atoms with van der Waals surface area (Å²) in [6.07, 6.45) is 6.80. The summed E-state index contributed by atoms with van der Waals surface area (Å²) in [5.41, 5.74) is 1.14. The van der Waals surface area contributed by atoms with Crippen LogP contribution in [-0.2, 0) is 13.2 Å². The van der Waals surface area contributed by atoms with E-state index in [1.165, 1.54) is 0 Å². The first-order chi connectivity index (χ1) is 14.0. The fourth-order valence-corrected chi connectivity index (χ4v) is 3.17. The van der Waals surface area contributed by atoms with Crippen molar-refractivity contribution in [1.29, 1.82) is 0 Å². The van der Waals surface area contributed by atoms with E-state index in [-0.39, 0.29) is 11.5 Å². The summed E-state index contributed by atoms with van der Waals surface area (Å²) in [4.78, 5) is 12.5. The molecule has 0 fully saturated rings. The lowest BCUT2D eigenvalue weighted by atomic mass is 10.2. The Morgan fingerprint density at radius 1 is 0.966 bits per heavy atom. The minimum atomic E-state index is -0.411. The van der Waals surface area contributed by atoms with Crippen LogP contribution in [0, 0.1) is 0 Å². The average molecular weight is 451 g/mol. The van der Waals surface area contributed by atoms with Gasteiger partial charge in [-0.3, -0.25) is 18.8 Å². The molecule has 0 aliphatic rings. The van der Waals surface area contributed by atoms with Gasteiger partial charge < -0.3 is 5.32 Å². The highest BCUT2D eigenvalue weighted by atomic mass is 35.5. The maximum Gasteiger partial charge on any atom is 0.277 e. The molecule has 1 aromatic carbocycles. The van der Waals surface area contributed by atoms with E-state index < -0.39 is 5.91 Å². The topological polar surface area (TPSA) is 82.6 Å². The second-order valence-electron chi connectivity index (χ2n) is 6.15. The molecule has 0 bridgehead atoms. The highest BCUT2D eigenvalue weighted by Gasteiger charge is 2.15. The second kappa shape index (κ2) is 8.28. The van der Waals surface area contributed by atoms with Crippen molar-refractivity contribution in [2.24, 2.45) is 0 Å². The molecule has 4 aromatic rings. The summed E-state index contributed by atoms with van der Waals surface area (Å²) in [5, 5.41) is 16.6. The van der Waals surface area contributed by atoms with Gasteiger partial charge in [0, 0.05) is 24.8 Å². The molecule has 3 heterocycles. The maximum absolute atomic E-state index is 12.5. The van der Waals surface area contributed by atoms with Gasteiger partial charge in [-0.05, 0) is 29.8 Å². The van der Waals surface area contributed by atoms with Gasteiger partial charge in [0.1, 0.15) is 11.7 Å². The number of nitrogens with zero attached hydrogens (tertiary/aromatic N) is 6. The van der Waals surface area contributed by atoms with Gasteiger partial charge in [0.15, 0.2) is 11.5 Å². The molecule has 0 aliphatic carbocycles. The summed E-state index contributed by atoms with van der Waals surface area (Å²) in [7, 11) is 0. The lowest BCUT2D eigenvalue weighted by Gasteiger charge is -2.04. The van der Waals surface area contributed by atoms with Gasteiger partial charge >= 0.3 is 0 Å².